The molecule has 0 bridgehead atoms. The van der Waals surface area contributed by atoms with Crippen LogP contribution >= 0.6 is 0 Å². The highest BCUT2D eigenvalue weighted by Gasteiger charge is 2.24. The maximum absolute atomic E-state index is 5.44. The first-order valence-electron chi connectivity index (χ1n) is 8.25. The number of nitrogens with zero attached hydrogens (tertiary/aromatic N) is 3. The zero-order chi connectivity index (χ0) is 16.4. The summed E-state index contributed by atoms with van der Waals surface area (Å²) in [7, 11) is 3.30. The van der Waals surface area contributed by atoms with Crippen LogP contribution in [0.5, 0.6) is 11.5 Å². The predicted molar refractivity (Wildman–Crippen MR) is 92.4 cm³/mol. The Kier molecular flexibility index (Phi) is 4.55. The van der Waals surface area contributed by atoms with E-state index in [0.29, 0.717) is 11.5 Å². The molecule has 23 heavy (non-hydrogen) atoms. The monoisotopic (exact) mass is 315 g/mol. The van der Waals surface area contributed by atoms with E-state index in [1.54, 1.807) is 20.5 Å². The van der Waals surface area contributed by atoms with E-state index in [9.17, 15) is 0 Å². The molecule has 0 saturated carbocycles. The van der Waals surface area contributed by atoms with Gasteiger partial charge in [-0.15, -0.1) is 0 Å². The fourth-order valence-electron chi connectivity index (χ4n) is 3.40. The Balaban J connectivity index is 1.95. The standard InChI is InChI=1S/C18H25N3O2/c1-12(2)13-5-7-21(8-6-13)18-14-9-16(22-3)17(23-4)10-15(14)19-11-20-18/h9-13H,5-8H2,1-4H3. The Morgan fingerprint density at radius 3 is 2.30 bits per heavy atom. The molecule has 5 heteroatoms. The largest absolute Gasteiger partial charge is 0.493 e. The second-order valence-corrected chi connectivity index (χ2v) is 6.49. The smallest absolute Gasteiger partial charge is 0.162 e. The van der Waals surface area contributed by atoms with Crippen molar-refractivity contribution >= 4 is 16.7 Å². The predicted octanol–water partition coefficient (Wildman–Crippen LogP) is 3.52. The molecule has 5 nitrogen and oxygen atoms in total. The number of benzene rings is 1. The van der Waals surface area contributed by atoms with E-state index >= 15 is 0 Å². The summed E-state index contributed by atoms with van der Waals surface area (Å²) < 4.78 is 10.8. The minimum atomic E-state index is 0.697. The molecule has 1 aliphatic heterocycles. The highest BCUT2D eigenvalue weighted by molar-refractivity contribution is 5.92. The molecule has 1 aliphatic rings. The second kappa shape index (κ2) is 6.60. The summed E-state index contributed by atoms with van der Waals surface area (Å²) >= 11 is 0. The van der Waals surface area contributed by atoms with Gasteiger partial charge in [0.25, 0.3) is 0 Å². The molecule has 0 spiro atoms. The van der Waals surface area contributed by atoms with Gasteiger partial charge in [0, 0.05) is 24.5 Å². The van der Waals surface area contributed by atoms with Crippen LogP contribution in [-0.4, -0.2) is 37.3 Å². The first-order chi connectivity index (χ1) is 11.1. The zero-order valence-electron chi connectivity index (χ0n) is 14.4. The Morgan fingerprint density at radius 1 is 1.04 bits per heavy atom. The summed E-state index contributed by atoms with van der Waals surface area (Å²) in [5, 5.41) is 1.02. The molecule has 1 aromatic heterocycles. The van der Waals surface area contributed by atoms with E-state index in [-0.39, 0.29) is 0 Å². The molecule has 2 heterocycles. The van der Waals surface area contributed by atoms with Gasteiger partial charge in [0.05, 0.1) is 19.7 Å². The van der Waals surface area contributed by atoms with E-state index < -0.39 is 0 Å². The molecular weight excluding hydrogens is 290 g/mol. The summed E-state index contributed by atoms with van der Waals surface area (Å²) in [4.78, 5) is 11.3. The van der Waals surface area contributed by atoms with Gasteiger partial charge in [0.1, 0.15) is 12.1 Å². The average Bonchev–Trinajstić information content (AvgIpc) is 2.60. The van der Waals surface area contributed by atoms with Crippen molar-refractivity contribution in [2.45, 2.75) is 26.7 Å². The van der Waals surface area contributed by atoms with Gasteiger partial charge < -0.3 is 14.4 Å². The van der Waals surface area contributed by atoms with Crippen molar-refractivity contribution in [1.29, 1.82) is 0 Å². The number of aromatic nitrogens is 2. The maximum Gasteiger partial charge on any atom is 0.162 e. The number of rotatable bonds is 4. The van der Waals surface area contributed by atoms with Crippen LogP contribution in [0.3, 0.4) is 0 Å². The van der Waals surface area contributed by atoms with Crippen LogP contribution in [0, 0.1) is 11.8 Å². The number of ether oxygens (including phenoxy) is 2. The average molecular weight is 315 g/mol. The lowest BCUT2D eigenvalue weighted by molar-refractivity contribution is 0.311. The number of hydrogen-bond acceptors (Lipinski definition) is 5. The van der Waals surface area contributed by atoms with Gasteiger partial charge >= 0.3 is 0 Å². The van der Waals surface area contributed by atoms with Gasteiger partial charge in [-0.05, 0) is 30.7 Å². The molecule has 0 atom stereocenters. The molecule has 1 fully saturated rings. The topological polar surface area (TPSA) is 47.5 Å². The number of hydrogen-bond donors (Lipinski definition) is 0. The third-order valence-corrected chi connectivity index (χ3v) is 4.90. The van der Waals surface area contributed by atoms with Crippen molar-refractivity contribution in [1.82, 2.24) is 9.97 Å². The first kappa shape index (κ1) is 15.8. The SMILES string of the molecule is COc1cc2ncnc(N3CCC(C(C)C)CC3)c2cc1OC. The van der Waals surface area contributed by atoms with Crippen LogP contribution in [-0.2, 0) is 0 Å². The number of methoxy groups -OCH3 is 2. The maximum atomic E-state index is 5.44. The Hall–Kier alpha value is -2.04. The van der Waals surface area contributed by atoms with Crippen molar-refractivity contribution in [2.75, 3.05) is 32.2 Å². The zero-order valence-corrected chi connectivity index (χ0v) is 14.4. The van der Waals surface area contributed by atoms with Crippen molar-refractivity contribution < 1.29 is 9.47 Å². The molecule has 124 valence electrons. The van der Waals surface area contributed by atoms with Gasteiger partial charge in [-0.3, -0.25) is 0 Å². The molecule has 0 amide bonds. The van der Waals surface area contributed by atoms with E-state index in [1.165, 1.54) is 12.8 Å². The fraction of sp³-hybridized carbons (Fsp3) is 0.556. The van der Waals surface area contributed by atoms with Crippen LogP contribution in [0.1, 0.15) is 26.7 Å². The third-order valence-electron chi connectivity index (χ3n) is 4.90. The molecule has 1 saturated heterocycles. The van der Waals surface area contributed by atoms with Crippen molar-refractivity contribution in [3.8, 4) is 11.5 Å². The van der Waals surface area contributed by atoms with E-state index in [0.717, 1.165) is 41.6 Å². The summed E-state index contributed by atoms with van der Waals surface area (Å²) in [5.41, 5.74) is 0.888. The van der Waals surface area contributed by atoms with Crippen LogP contribution < -0.4 is 14.4 Å². The van der Waals surface area contributed by atoms with Gasteiger partial charge in [-0.25, -0.2) is 9.97 Å². The quantitative estimate of drug-likeness (QED) is 0.864. The van der Waals surface area contributed by atoms with Gasteiger partial charge in [0.15, 0.2) is 11.5 Å². The normalized spacial score (nSPS) is 16.1. The van der Waals surface area contributed by atoms with Crippen LogP contribution in [0.4, 0.5) is 5.82 Å². The minimum absolute atomic E-state index is 0.697. The minimum Gasteiger partial charge on any atom is -0.493 e. The molecule has 0 aliphatic carbocycles. The van der Waals surface area contributed by atoms with Gasteiger partial charge in [-0.2, -0.15) is 0 Å². The summed E-state index contributed by atoms with van der Waals surface area (Å²) in [6.45, 7) is 6.72. The molecular formula is C18H25N3O2. The summed E-state index contributed by atoms with van der Waals surface area (Å²) in [5.74, 6) is 3.98. The third kappa shape index (κ3) is 3.05. The highest BCUT2D eigenvalue weighted by atomic mass is 16.5. The van der Waals surface area contributed by atoms with Crippen LogP contribution in [0.2, 0.25) is 0 Å². The number of fused-ring (bicyclic) bond motifs is 1. The van der Waals surface area contributed by atoms with Crippen molar-refractivity contribution in [3.63, 3.8) is 0 Å². The molecule has 0 unspecified atom stereocenters. The summed E-state index contributed by atoms with van der Waals surface area (Å²) in [6.07, 6.45) is 4.07. The van der Waals surface area contributed by atoms with E-state index in [4.69, 9.17) is 9.47 Å². The highest BCUT2D eigenvalue weighted by Crippen LogP contribution is 2.36. The van der Waals surface area contributed by atoms with Crippen molar-refractivity contribution in [2.24, 2.45) is 11.8 Å². The van der Waals surface area contributed by atoms with E-state index in [2.05, 4.69) is 28.7 Å². The van der Waals surface area contributed by atoms with Crippen LogP contribution in [0.15, 0.2) is 18.5 Å². The summed E-state index contributed by atoms with van der Waals surface area (Å²) in [6, 6.07) is 3.90. The Labute approximate surface area is 137 Å². The molecule has 0 radical (unpaired) electrons. The molecule has 2 aromatic rings. The molecule has 1 aromatic carbocycles. The van der Waals surface area contributed by atoms with Crippen molar-refractivity contribution in [3.05, 3.63) is 18.5 Å². The van der Waals surface area contributed by atoms with Gasteiger partial charge in [0.2, 0.25) is 0 Å². The Bertz CT molecular complexity index is 679. The number of anilines is 1. The molecule has 3 rings (SSSR count). The molecule has 0 N–H and O–H groups in total. The lowest BCUT2D eigenvalue weighted by Crippen LogP contribution is -2.35. The Morgan fingerprint density at radius 2 is 1.70 bits per heavy atom. The van der Waals surface area contributed by atoms with E-state index in [1.807, 2.05) is 12.1 Å². The first-order valence-corrected chi connectivity index (χ1v) is 8.25. The fourth-order valence-corrected chi connectivity index (χ4v) is 3.40. The lowest BCUT2D eigenvalue weighted by atomic mass is 9.86. The van der Waals surface area contributed by atoms with Gasteiger partial charge in [-0.1, -0.05) is 13.8 Å². The van der Waals surface area contributed by atoms with Crippen LogP contribution in [0.25, 0.3) is 10.9 Å². The lowest BCUT2D eigenvalue weighted by Gasteiger charge is -2.35. The number of piperidine rings is 1. The second-order valence-electron chi connectivity index (χ2n) is 6.49.